The van der Waals surface area contributed by atoms with Crippen LogP contribution in [0.1, 0.15) is 37.3 Å². The standard InChI is InChI=1S/C23H27NO3/c1-3-16-27-22-13-4-18(5-14-22)8-15-23(25)24(20-9-10-20)17-19-6-11-21(26-2)12-7-19/h4-8,11-15,20H,3,9-10,16-17H2,1-2H3/b15-8+. The summed E-state index contributed by atoms with van der Waals surface area (Å²) in [4.78, 5) is 14.7. The number of hydrogen-bond donors (Lipinski definition) is 0. The molecule has 0 N–H and O–H groups in total. The molecule has 0 spiro atoms. The predicted molar refractivity (Wildman–Crippen MR) is 108 cm³/mol. The normalized spacial score (nSPS) is 13.6. The zero-order chi connectivity index (χ0) is 19.1. The molecule has 1 fully saturated rings. The Morgan fingerprint density at radius 1 is 1.07 bits per heavy atom. The Kier molecular flexibility index (Phi) is 6.53. The number of amides is 1. The van der Waals surface area contributed by atoms with Crippen molar-refractivity contribution in [1.82, 2.24) is 4.90 Å². The second-order valence-electron chi connectivity index (χ2n) is 6.80. The monoisotopic (exact) mass is 365 g/mol. The lowest BCUT2D eigenvalue weighted by atomic mass is 10.2. The van der Waals surface area contributed by atoms with E-state index in [1.165, 1.54) is 0 Å². The highest BCUT2D eigenvalue weighted by Crippen LogP contribution is 2.29. The van der Waals surface area contributed by atoms with Crippen LogP contribution in [0.3, 0.4) is 0 Å². The van der Waals surface area contributed by atoms with Gasteiger partial charge in [-0.3, -0.25) is 4.79 Å². The number of benzene rings is 2. The molecule has 0 bridgehead atoms. The van der Waals surface area contributed by atoms with Crippen LogP contribution in [-0.4, -0.2) is 30.6 Å². The second-order valence-corrected chi connectivity index (χ2v) is 6.80. The molecule has 0 unspecified atom stereocenters. The zero-order valence-corrected chi connectivity index (χ0v) is 16.1. The highest BCUT2D eigenvalue weighted by atomic mass is 16.5. The van der Waals surface area contributed by atoms with Crippen molar-refractivity contribution < 1.29 is 14.3 Å². The minimum Gasteiger partial charge on any atom is -0.497 e. The molecule has 0 aromatic heterocycles. The first-order chi connectivity index (χ1) is 13.2. The van der Waals surface area contributed by atoms with E-state index in [0.717, 1.165) is 48.5 Å². The van der Waals surface area contributed by atoms with Gasteiger partial charge in [0.15, 0.2) is 0 Å². The molecule has 142 valence electrons. The van der Waals surface area contributed by atoms with Crippen molar-refractivity contribution in [3.05, 3.63) is 65.7 Å². The first-order valence-electron chi connectivity index (χ1n) is 9.54. The molecule has 1 aliphatic rings. The van der Waals surface area contributed by atoms with Crippen molar-refractivity contribution >= 4 is 12.0 Å². The minimum absolute atomic E-state index is 0.0552. The van der Waals surface area contributed by atoms with Gasteiger partial charge in [-0.2, -0.15) is 0 Å². The number of ether oxygens (including phenoxy) is 2. The van der Waals surface area contributed by atoms with Crippen molar-refractivity contribution in [2.24, 2.45) is 0 Å². The number of rotatable bonds is 9. The van der Waals surface area contributed by atoms with Crippen LogP contribution in [0, 0.1) is 0 Å². The van der Waals surface area contributed by atoms with Crippen molar-refractivity contribution in [3.63, 3.8) is 0 Å². The Labute approximate surface area is 161 Å². The molecular formula is C23H27NO3. The van der Waals surface area contributed by atoms with E-state index in [-0.39, 0.29) is 5.91 Å². The third kappa shape index (κ3) is 5.61. The van der Waals surface area contributed by atoms with Crippen LogP contribution in [-0.2, 0) is 11.3 Å². The van der Waals surface area contributed by atoms with Gasteiger partial charge >= 0.3 is 0 Å². The average molecular weight is 365 g/mol. The van der Waals surface area contributed by atoms with Gasteiger partial charge in [-0.1, -0.05) is 31.2 Å². The van der Waals surface area contributed by atoms with Gasteiger partial charge in [-0.15, -0.1) is 0 Å². The Morgan fingerprint density at radius 2 is 1.74 bits per heavy atom. The van der Waals surface area contributed by atoms with Gasteiger partial charge in [0.05, 0.1) is 13.7 Å². The van der Waals surface area contributed by atoms with E-state index in [1.807, 2.05) is 59.5 Å². The lowest BCUT2D eigenvalue weighted by Gasteiger charge is -2.21. The van der Waals surface area contributed by atoms with E-state index < -0.39 is 0 Å². The molecule has 1 amide bonds. The lowest BCUT2D eigenvalue weighted by molar-refractivity contribution is -0.127. The molecular weight excluding hydrogens is 338 g/mol. The molecule has 2 aromatic rings. The SMILES string of the molecule is CCCOc1ccc(/C=C/C(=O)N(Cc2ccc(OC)cc2)C2CC2)cc1. The lowest BCUT2D eigenvalue weighted by Crippen LogP contribution is -2.31. The van der Waals surface area contributed by atoms with E-state index in [4.69, 9.17) is 9.47 Å². The first kappa shape index (κ1) is 19.0. The van der Waals surface area contributed by atoms with Gasteiger partial charge in [-0.05, 0) is 60.7 Å². The van der Waals surface area contributed by atoms with E-state index in [9.17, 15) is 4.79 Å². The summed E-state index contributed by atoms with van der Waals surface area (Å²) in [5.41, 5.74) is 2.11. The fraction of sp³-hybridized carbons (Fsp3) is 0.348. The maximum absolute atomic E-state index is 12.7. The molecule has 1 saturated carbocycles. The van der Waals surface area contributed by atoms with Crippen LogP contribution >= 0.6 is 0 Å². The molecule has 1 aliphatic carbocycles. The highest BCUT2D eigenvalue weighted by Gasteiger charge is 2.31. The van der Waals surface area contributed by atoms with E-state index in [2.05, 4.69) is 6.92 Å². The summed E-state index contributed by atoms with van der Waals surface area (Å²) in [6, 6.07) is 16.1. The molecule has 0 atom stereocenters. The van der Waals surface area contributed by atoms with Crippen LogP contribution in [0.5, 0.6) is 11.5 Å². The topological polar surface area (TPSA) is 38.8 Å². The Morgan fingerprint density at radius 3 is 2.33 bits per heavy atom. The van der Waals surface area contributed by atoms with Crippen LogP contribution in [0.25, 0.3) is 6.08 Å². The summed E-state index contributed by atoms with van der Waals surface area (Å²) in [6.07, 6.45) is 6.69. The van der Waals surface area contributed by atoms with Crippen LogP contribution in [0.2, 0.25) is 0 Å². The van der Waals surface area contributed by atoms with Crippen molar-refractivity contribution in [1.29, 1.82) is 0 Å². The van der Waals surface area contributed by atoms with Crippen LogP contribution < -0.4 is 9.47 Å². The van der Waals surface area contributed by atoms with Crippen molar-refractivity contribution in [2.75, 3.05) is 13.7 Å². The summed E-state index contributed by atoms with van der Waals surface area (Å²) in [5, 5.41) is 0. The largest absolute Gasteiger partial charge is 0.497 e. The summed E-state index contributed by atoms with van der Waals surface area (Å²) < 4.78 is 10.8. The maximum Gasteiger partial charge on any atom is 0.247 e. The first-order valence-corrected chi connectivity index (χ1v) is 9.54. The Bertz CT molecular complexity index is 761. The summed E-state index contributed by atoms with van der Waals surface area (Å²) in [6.45, 7) is 3.43. The number of methoxy groups -OCH3 is 1. The fourth-order valence-electron chi connectivity index (χ4n) is 2.86. The van der Waals surface area contributed by atoms with Crippen molar-refractivity contribution in [2.45, 2.75) is 38.8 Å². The second kappa shape index (κ2) is 9.26. The summed E-state index contributed by atoms with van der Waals surface area (Å²) in [7, 11) is 1.66. The predicted octanol–water partition coefficient (Wildman–Crippen LogP) is 4.69. The molecule has 27 heavy (non-hydrogen) atoms. The van der Waals surface area contributed by atoms with Gasteiger partial charge in [-0.25, -0.2) is 0 Å². The van der Waals surface area contributed by atoms with Crippen molar-refractivity contribution in [3.8, 4) is 11.5 Å². The van der Waals surface area contributed by atoms with Crippen LogP contribution in [0.15, 0.2) is 54.6 Å². The number of hydrogen-bond acceptors (Lipinski definition) is 3. The molecule has 0 saturated heterocycles. The molecule has 0 radical (unpaired) electrons. The third-order valence-electron chi connectivity index (χ3n) is 4.55. The zero-order valence-electron chi connectivity index (χ0n) is 16.1. The fourth-order valence-corrected chi connectivity index (χ4v) is 2.86. The third-order valence-corrected chi connectivity index (χ3v) is 4.55. The molecule has 3 rings (SSSR count). The van der Waals surface area contributed by atoms with Gasteiger partial charge in [0.1, 0.15) is 11.5 Å². The number of carbonyl (C=O) groups is 1. The molecule has 4 nitrogen and oxygen atoms in total. The smallest absolute Gasteiger partial charge is 0.247 e. The number of nitrogens with zero attached hydrogens (tertiary/aromatic N) is 1. The summed E-state index contributed by atoms with van der Waals surface area (Å²) in [5.74, 6) is 1.74. The van der Waals surface area contributed by atoms with Gasteiger partial charge in [0.25, 0.3) is 0 Å². The summed E-state index contributed by atoms with van der Waals surface area (Å²) >= 11 is 0. The molecule has 0 heterocycles. The molecule has 4 heteroatoms. The average Bonchev–Trinajstić information content (AvgIpc) is 3.55. The van der Waals surface area contributed by atoms with Crippen LogP contribution in [0.4, 0.5) is 0 Å². The van der Waals surface area contributed by atoms with Gasteiger partial charge in [0.2, 0.25) is 5.91 Å². The molecule has 2 aromatic carbocycles. The minimum atomic E-state index is 0.0552. The van der Waals surface area contributed by atoms with Gasteiger partial charge in [0, 0.05) is 18.7 Å². The number of carbonyl (C=O) groups excluding carboxylic acids is 1. The quantitative estimate of drug-likeness (QED) is 0.605. The maximum atomic E-state index is 12.7. The van der Waals surface area contributed by atoms with E-state index in [1.54, 1.807) is 13.2 Å². The Hall–Kier alpha value is -2.75. The highest BCUT2D eigenvalue weighted by molar-refractivity contribution is 5.92. The molecule has 0 aliphatic heterocycles. The van der Waals surface area contributed by atoms with E-state index >= 15 is 0 Å². The Balaban J connectivity index is 1.61. The van der Waals surface area contributed by atoms with Gasteiger partial charge < -0.3 is 14.4 Å². The van der Waals surface area contributed by atoms with E-state index in [0.29, 0.717) is 12.6 Å².